The summed E-state index contributed by atoms with van der Waals surface area (Å²) in [5.41, 5.74) is 1.15. The minimum absolute atomic E-state index is 0.240. The first-order valence-electron chi connectivity index (χ1n) is 6.73. The molecule has 0 aromatic heterocycles. The standard InChI is InChI=1S/C15H21ClFN/c1-10(2)18-9-13-5-4-12(13)7-11-3-6-15(17)14(16)8-11/h3,6,8,10,12-13,18H,4-5,7,9H2,1-2H3. The van der Waals surface area contributed by atoms with Crippen LogP contribution in [0.2, 0.25) is 5.02 Å². The minimum Gasteiger partial charge on any atom is -0.314 e. The summed E-state index contributed by atoms with van der Waals surface area (Å²) in [5.74, 6) is 1.15. The van der Waals surface area contributed by atoms with E-state index in [2.05, 4.69) is 19.2 Å². The van der Waals surface area contributed by atoms with Gasteiger partial charge in [0.15, 0.2) is 0 Å². The van der Waals surface area contributed by atoms with Crippen LogP contribution in [-0.4, -0.2) is 12.6 Å². The molecule has 0 heterocycles. The van der Waals surface area contributed by atoms with Crippen molar-refractivity contribution < 1.29 is 4.39 Å². The third-order valence-electron chi connectivity index (χ3n) is 3.85. The predicted octanol–water partition coefficient (Wildman–Crippen LogP) is 4.05. The summed E-state index contributed by atoms with van der Waals surface area (Å²) in [5, 5.41) is 3.74. The van der Waals surface area contributed by atoms with E-state index in [1.165, 1.54) is 18.9 Å². The van der Waals surface area contributed by atoms with Crippen LogP contribution in [-0.2, 0) is 6.42 Å². The van der Waals surface area contributed by atoms with E-state index in [-0.39, 0.29) is 10.8 Å². The van der Waals surface area contributed by atoms with E-state index in [1.807, 2.05) is 6.07 Å². The quantitative estimate of drug-likeness (QED) is 0.850. The van der Waals surface area contributed by atoms with Crippen molar-refractivity contribution in [2.45, 2.75) is 39.2 Å². The number of halogens is 2. The van der Waals surface area contributed by atoms with Crippen LogP contribution in [0.1, 0.15) is 32.3 Å². The Labute approximate surface area is 114 Å². The maximum absolute atomic E-state index is 13.1. The molecular formula is C15H21ClFN. The molecule has 2 atom stereocenters. The average molecular weight is 270 g/mol. The van der Waals surface area contributed by atoms with E-state index < -0.39 is 0 Å². The maximum atomic E-state index is 13.1. The lowest BCUT2D eigenvalue weighted by molar-refractivity contribution is 0.168. The fourth-order valence-electron chi connectivity index (χ4n) is 2.53. The highest BCUT2D eigenvalue weighted by atomic mass is 35.5. The fraction of sp³-hybridized carbons (Fsp3) is 0.600. The molecule has 0 spiro atoms. The van der Waals surface area contributed by atoms with E-state index in [4.69, 9.17) is 11.6 Å². The molecule has 100 valence electrons. The van der Waals surface area contributed by atoms with Crippen LogP contribution < -0.4 is 5.32 Å². The average Bonchev–Trinajstić information content (AvgIpc) is 2.29. The second-order valence-electron chi connectivity index (χ2n) is 5.61. The summed E-state index contributed by atoms with van der Waals surface area (Å²) in [6.07, 6.45) is 3.60. The van der Waals surface area contributed by atoms with Crippen molar-refractivity contribution in [2.24, 2.45) is 11.8 Å². The normalized spacial score (nSPS) is 23.2. The third-order valence-corrected chi connectivity index (χ3v) is 4.13. The molecular weight excluding hydrogens is 249 g/mol. The van der Waals surface area contributed by atoms with Crippen molar-refractivity contribution in [1.29, 1.82) is 0 Å². The zero-order valence-corrected chi connectivity index (χ0v) is 11.8. The number of hydrogen-bond acceptors (Lipinski definition) is 1. The molecule has 0 saturated heterocycles. The Morgan fingerprint density at radius 1 is 1.33 bits per heavy atom. The molecule has 0 amide bonds. The first-order chi connectivity index (χ1) is 8.56. The van der Waals surface area contributed by atoms with Crippen LogP contribution in [0.25, 0.3) is 0 Å². The number of nitrogens with one attached hydrogen (secondary N) is 1. The molecule has 1 fully saturated rings. The van der Waals surface area contributed by atoms with E-state index in [0.717, 1.165) is 30.4 Å². The van der Waals surface area contributed by atoms with Gasteiger partial charge in [-0.2, -0.15) is 0 Å². The van der Waals surface area contributed by atoms with Crippen LogP contribution in [0.15, 0.2) is 18.2 Å². The minimum atomic E-state index is -0.327. The fourth-order valence-corrected chi connectivity index (χ4v) is 2.74. The van der Waals surface area contributed by atoms with Crippen molar-refractivity contribution >= 4 is 11.6 Å². The molecule has 0 aliphatic heterocycles. The summed E-state index contributed by atoms with van der Waals surface area (Å²) >= 11 is 5.81. The zero-order valence-electron chi connectivity index (χ0n) is 11.0. The highest BCUT2D eigenvalue weighted by Crippen LogP contribution is 2.36. The lowest BCUT2D eigenvalue weighted by Gasteiger charge is -2.37. The van der Waals surface area contributed by atoms with Crippen molar-refractivity contribution in [1.82, 2.24) is 5.32 Å². The van der Waals surface area contributed by atoms with Crippen molar-refractivity contribution in [3.63, 3.8) is 0 Å². The van der Waals surface area contributed by atoms with Gasteiger partial charge in [-0.3, -0.25) is 0 Å². The van der Waals surface area contributed by atoms with E-state index in [1.54, 1.807) is 6.07 Å². The Kier molecular flexibility index (Phi) is 4.63. The van der Waals surface area contributed by atoms with Gasteiger partial charge < -0.3 is 5.32 Å². The van der Waals surface area contributed by atoms with Gasteiger partial charge in [-0.1, -0.05) is 31.5 Å². The van der Waals surface area contributed by atoms with E-state index >= 15 is 0 Å². The van der Waals surface area contributed by atoms with E-state index in [0.29, 0.717) is 6.04 Å². The van der Waals surface area contributed by atoms with Crippen molar-refractivity contribution in [2.75, 3.05) is 6.54 Å². The smallest absolute Gasteiger partial charge is 0.141 e. The molecule has 1 nitrogen and oxygen atoms in total. The Morgan fingerprint density at radius 2 is 2.06 bits per heavy atom. The molecule has 3 heteroatoms. The summed E-state index contributed by atoms with van der Waals surface area (Å²) in [4.78, 5) is 0. The van der Waals surface area contributed by atoms with Gasteiger partial charge in [0.25, 0.3) is 0 Å². The molecule has 2 rings (SSSR count). The highest BCUT2D eigenvalue weighted by Gasteiger charge is 2.30. The highest BCUT2D eigenvalue weighted by molar-refractivity contribution is 6.30. The van der Waals surface area contributed by atoms with Gasteiger partial charge in [0, 0.05) is 6.04 Å². The summed E-state index contributed by atoms with van der Waals surface area (Å²) in [6, 6.07) is 5.64. The zero-order chi connectivity index (χ0) is 13.1. The number of hydrogen-bond donors (Lipinski definition) is 1. The van der Waals surface area contributed by atoms with Gasteiger partial charge in [-0.25, -0.2) is 4.39 Å². The van der Waals surface area contributed by atoms with Gasteiger partial charge in [-0.05, 0) is 55.3 Å². The van der Waals surface area contributed by atoms with Crippen LogP contribution in [0.3, 0.4) is 0 Å². The SMILES string of the molecule is CC(C)NCC1CCC1Cc1ccc(F)c(Cl)c1. The predicted molar refractivity (Wildman–Crippen MR) is 74.5 cm³/mol. The molecule has 0 radical (unpaired) electrons. The lowest BCUT2D eigenvalue weighted by atomic mass is 9.70. The summed E-state index contributed by atoms with van der Waals surface area (Å²) in [6.45, 7) is 5.44. The Balaban J connectivity index is 1.87. The molecule has 1 saturated carbocycles. The first-order valence-corrected chi connectivity index (χ1v) is 7.11. The van der Waals surface area contributed by atoms with Gasteiger partial charge >= 0.3 is 0 Å². The van der Waals surface area contributed by atoms with E-state index in [9.17, 15) is 4.39 Å². The second kappa shape index (κ2) is 6.03. The third kappa shape index (κ3) is 3.46. The van der Waals surface area contributed by atoms with Crippen LogP contribution >= 0.6 is 11.6 Å². The maximum Gasteiger partial charge on any atom is 0.141 e. The van der Waals surface area contributed by atoms with Gasteiger partial charge in [0.1, 0.15) is 5.82 Å². The Bertz CT molecular complexity index is 405. The molecule has 0 bridgehead atoms. The van der Waals surface area contributed by atoms with Gasteiger partial charge in [-0.15, -0.1) is 0 Å². The molecule has 1 aliphatic rings. The lowest BCUT2D eigenvalue weighted by Crippen LogP contribution is -2.38. The van der Waals surface area contributed by atoms with Crippen molar-refractivity contribution in [3.05, 3.63) is 34.6 Å². The number of rotatable bonds is 5. The molecule has 1 aromatic rings. The Morgan fingerprint density at radius 3 is 2.61 bits per heavy atom. The van der Waals surface area contributed by atoms with Gasteiger partial charge in [0.2, 0.25) is 0 Å². The van der Waals surface area contributed by atoms with Crippen LogP contribution in [0.4, 0.5) is 4.39 Å². The van der Waals surface area contributed by atoms with Crippen LogP contribution in [0.5, 0.6) is 0 Å². The first kappa shape index (κ1) is 13.8. The molecule has 1 aliphatic carbocycles. The Hall–Kier alpha value is -0.600. The number of benzene rings is 1. The molecule has 1 aromatic carbocycles. The molecule has 2 unspecified atom stereocenters. The molecule has 1 N–H and O–H groups in total. The topological polar surface area (TPSA) is 12.0 Å². The monoisotopic (exact) mass is 269 g/mol. The van der Waals surface area contributed by atoms with Gasteiger partial charge in [0.05, 0.1) is 5.02 Å². The molecule has 18 heavy (non-hydrogen) atoms. The second-order valence-corrected chi connectivity index (χ2v) is 6.02. The summed E-state index contributed by atoms with van der Waals surface area (Å²) < 4.78 is 13.1. The summed E-state index contributed by atoms with van der Waals surface area (Å²) in [7, 11) is 0. The van der Waals surface area contributed by atoms with Crippen molar-refractivity contribution in [3.8, 4) is 0 Å². The van der Waals surface area contributed by atoms with Crippen LogP contribution in [0, 0.1) is 17.7 Å². The largest absolute Gasteiger partial charge is 0.314 e.